The molecule has 27 heavy (non-hydrogen) atoms. The lowest BCUT2D eigenvalue weighted by atomic mass is 9.97. The van der Waals surface area contributed by atoms with E-state index in [1.807, 2.05) is 39.8 Å². The van der Waals surface area contributed by atoms with Crippen LogP contribution in [-0.2, 0) is 19.0 Å². The van der Waals surface area contributed by atoms with Gasteiger partial charge in [0.05, 0.1) is 13.2 Å². The predicted octanol–water partition coefficient (Wildman–Crippen LogP) is 3.84. The van der Waals surface area contributed by atoms with Crippen molar-refractivity contribution in [1.82, 2.24) is 5.32 Å². The Morgan fingerprint density at radius 2 is 2.07 bits per heavy atom. The predicted molar refractivity (Wildman–Crippen MR) is 105 cm³/mol. The van der Waals surface area contributed by atoms with E-state index in [9.17, 15) is 10.1 Å². The average Bonchev–Trinajstić information content (AvgIpc) is 2.79. The van der Waals surface area contributed by atoms with Crippen LogP contribution in [0, 0.1) is 17.2 Å². The van der Waals surface area contributed by atoms with Crippen LogP contribution in [0.3, 0.4) is 0 Å². The second-order valence-corrected chi connectivity index (χ2v) is 7.27. The standard InChI is InChI=1S/C21H34N2O4/c1-6-11-25-20(24)19(15-22)17-13-16(3)8-9-18(14-17)23-10-12-27-21(4,5)26-7-2/h14,16,23H,6-13H2,1-5H3/b19-17-. The maximum atomic E-state index is 12.2. The molecule has 6 heteroatoms. The van der Waals surface area contributed by atoms with Gasteiger partial charge in [-0.2, -0.15) is 5.26 Å². The average molecular weight is 379 g/mol. The van der Waals surface area contributed by atoms with Crippen molar-refractivity contribution in [2.45, 2.75) is 66.1 Å². The molecule has 1 aliphatic carbocycles. The molecule has 0 aliphatic heterocycles. The quantitative estimate of drug-likeness (QED) is 0.204. The summed E-state index contributed by atoms with van der Waals surface area (Å²) in [5.74, 6) is -0.739. The molecule has 0 radical (unpaired) electrons. The van der Waals surface area contributed by atoms with Gasteiger partial charge in [-0.05, 0) is 64.0 Å². The molecule has 0 aromatic rings. The van der Waals surface area contributed by atoms with Crippen LogP contribution in [-0.4, -0.2) is 38.1 Å². The second kappa shape index (κ2) is 11.8. The third kappa shape index (κ3) is 8.59. The van der Waals surface area contributed by atoms with Crippen LogP contribution in [0.15, 0.2) is 22.9 Å². The van der Waals surface area contributed by atoms with Crippen LogP contribution in [0.5, 0.6) is 0 Å². The van der Waals surface area contributed by atoms with Crippen molar-refractivity contribution >= 4 is 5.97 Å². The number of carbonyl (C=O) groups is 1. The van der Waals surface area contributed by atoms with E-state index in [-0.39, 0.29) is 5.57 Å². The third-order valence-electron chi connectivity index (χ3n) is 4.29. The number of nitrogens with one attached hydrogen (secondary N) is 1. The normalized spacial score (nSPS) is 19.6. The van der Waals surface area contributed by atoms with Crippen LogP contribution >= 0.6 is 0 Å². The monoisotopic (exact) mass is 378 g/mol. The van der Waals surface area contributed by atoms with Crippen molar-refractivity contribution in [3.05, 3.63) is 22.9 Å². The Morgan fingerprint density at radius 1 is 1.33 bits per heavy atom. The number of nitriles is 1. The van der Waals surface area contributed by atoms with Gasteiger partial charge in [0.2, 0.25) is 0 Å². The van der Waals surface area contributed by atoms with Gasteiger partial charge < -0.3 is 19.5 Å². The first-order valence-electron chi connectivity index (χ1n) is 9.85. The number of ether oxygens (including phenoxy) is 3. The highest BCUT2D eigenvalue weighted by molar-refractivity contribution is 5.94. The van der Waals surface area contributed by atoms with Crippen molar-refractivity contribution in [3.63, 3.8) is 0 Å². The van der Waals surface area contributed by atoms with Gasteiger partial charge in [-0.1, -0.05) is 13.8 Å². The van der Waals surface area contributed by atoms with E-state index in [0.717, 1.165) is 30.5 Å². The molecule has 1 aliphatic rings. The molecular formula is C21H34N2O4. The van der Waals surface area contributed by atoms with Crippen molar-refractivity contribution < 1.29 is 19.0 Å². The van der Waals surface area contributed by atoms with E-state index in [1.54, 1.807) is 0 Å². The molecule has 0 amide bonds. The van der Waals surface area contributed by atoms with E-state index in [2.05, 4.69) is 12.2 Å². The summed E-state index contributed by atoms with van der Waals surface area (Å²) in [5.41, 5.74) is 1.88. The lowest BCUT2D eigenvalue weighted by Gasteiger charge is -2.25. The molecule has 0 fully saturated rings. The van der Waals surface area contributed by atoms with Gasteiger partial charge in [0.15, 0.2) is 5.79 Å². The summed E-state index contributed by atoms with van der Waals surface area (Å²) in [5, 5.41) is 12.8. The minimum atomic E-state index is -0.606. The zero-order valence-electron chi connectivity index (χ0n) is 17.4. The fourth-order valence-electron chi connectivity index (χ4n) is 2.95. The Labute approximate surface area is 163 Å². The molecule has 0 aromatic heterocycles. The van der Waals surface area contributed by atoms with Gasteiger partial charge in [0, 0.05) is 18.8 Å². The Bertz CT molecular complexity index is 587. The first-order chi connectivity index (χ1) is 12.8. The molecular weight excluding hydrogens is 344 g/mol. The molecule has 6 nitrogen and oxygen atoms in total. The van der Waals surface area contributed by atoms with Gasteiger partial charge in [0.25, 0.3) is 0 Å². The third-order valence-corrected chi connectivity index (χ3v) is 4.29. The van der Waals surface area contributed by atoms with Crippen molar-refractivity contribution in [2.24, 2.45) is 5.92 Å². The Kier molecular flexibility index (Phi) is 10.1. The minimum absolute atomic E-state index is 0.116. The van der Waals surface area contributed by atoms with E-state index in [4.69, 9.17) is 14.2 Å². The maximum Gasteiger partial charge on any atom is 0.349 e. The molecule has 0 saturated heterocycles. The number of esters is 1. The lowest BCUT2D eigenvalue weighted by molar-refractivity contribution is -0.209. The number of rotatable bonds is 10. The lowest BCUT2D eigenvalue weighted by Crippen LogP contribution is -2.32. The number of carbonyl (C=O) groups excluding carboxylic acids is 1. The van der Waals surface area contributed by atoms with Crippen LogP contribution in [0.25, 0.3) is 0 Å². The zero-order chi connectivity index (χ0) is 20.3. The van der Waals surface area contributed by atoms with Crippen molar-refractivity contribution in [1.29, 1.82) is 5.26 Å². The molecule has 0 aromatic carbocycles. The Hall–Kier alpha value is -1.84. The number of nitrogens with zero attached hydrogens (tertiary/aromatic N) is 1. The minimum Gasteiger partial charge on any atom is -0.462 e. The van der Waals surface area contributed by atoms with Crippen LogP contribution in [0.1, 0.15) is 60.3 Å². The van der Waals surface area contributed by atoms with Gasteiger partial charge in [-0.15, -0.1) is 0 Å². The van der Waals surface area contributed by atoms with Crippen LogP contribution < -0.4 is 5.32 Å². The summed E-state index contributed by atoms with van der Waals surface area (Å²) in [4.78, 5) is 12.2. The van der Waals surface area contributed by atoms with E-state index < -0.39 is 11.8 Å². The molecule has 152 valence electrons. The number of hydrogen-bond donors (Lipinski definition) is 1. The summed E-state index contributed by atoms with van der Waals surface area (Å²) in [6.45, 7) is 11.9. The van der Waals surface area contributed by atoms with Crippen LogP contribution in [0.2, 0.25) is 0 Å². The molecule has 1 rings (SSSR count). The summed E-state index contributed by atoms with van der Waals surface area (Å²) in [6.07, 6.45) is 5.24. The maximum absolute atomic E-state index is 12.2. The molecule has 0 saturated carbocycles. The fourth-order valence-corrected chi connectivity index (χ4v) is 2.95. The second-order valence-electron chi connectivity index (χ2n) is 7.27. The van der Waals surface area contributed by atoms with Gasteiger partial charge in [-0.25, -0.2) is 4.79 Å². The van der Waals surface area contributed by atoms with E-state index in [0.29, 0.717) is 38.7 Å². The van der Waals surface area contributed by atoms with Gasteiger partial charge >= 0.3 is 5.97 Å². The summed E-state index contributed by atoms with van der Waals surface area (Å²) in [6, 6.07) is 2.04. The van der Waals surface area contributed by atoms with Crippen LogP contribution in [0.4, 0.5) is 0 Å². The van der Waals surface area contributed by atoms with Gasteiger partial charge in [0.1, 0.15) is 11.6 Å². The molecule has 1 unspecified atom stereocenters. The first-order valence-corrected chi connectivity index (χ1v) is 9.85. The highest BCUT2D eigenvalue weighted by atomic mass is 16.7. The van der Waals surface area contributed by atoms with Gasteiger partial charge in [-0.3, -0.25) is 0 Å². The van der Waals surface area contributed by atoms with Crippen molar-refractivity contribution in [2.75, 3.05) is 26.4 Å². The summed E-state index contributed by atoms with van der Waals surface area (Å²) < 4.78 is 16.4. The fraction of sp³-hybridized carbons (Fsp3) is 0.714. The molecule has 0 heterocycles. The molecule has 1 N–H and O–H groups in total. The van der Waals surface area contributed by atoms with E-state index >= 15 is 0 Å². The molecule has 1 atom stereocenters. The highest BCUT2D eigenvalue weighted by Gasteiger charge is 2.21. The highest BCUT2D eigenvalue weighted by Crippen LogP contribution is 2.27. The first kappa shape index (κ1) is 23.2. The largest absolute Gasteiger partial charge is 0.462 e. The smallest absolute Gasteiger partial charge is 0.349 e. The van der Waals surface area contributed by atoms with E-state index in [1.165, 1.54) is 0 Å². The Balaban J connectivity index is 2.79. The topological polar surface area (TPSA) is 80.6 Å². The number of allylic oxidation sites excluding steroid dienone is 3. The zero-order valence-corrected chi connectivity index (χ0v) is 17.4. The van der Waals surface area contributed by atoms with Crippen molar-refractivity contribution in [3.8, 4) is 6.07 Å². The number of hydrogen-bond acceptors (Lipinski definition) is 6. The summed E-state index contributed by atoms with van der Waals surface area (Å²) in [7, 11) is 0. The Morgan fingerprint density at radius 3 is 2.70 bits per heavy atom. The summed E-state index contributed by atoms with van der Waals surface area (Å²) >= 11 is 0. The molecule has 0 bridgehead atoms. The molecule has 0 spiro atoms. The SMILES string of the molecule is CCCOC(=O)/C(C#N)=C1\C=C(NCCOC(C)(C)OCC)CCC(C)C1.